The van der Waals surface area contributed by atoms with Crippen molar-refractivity contribution in [1.82, 2.24) is 4.90 Å². The van der Waals surface area contributed by atoms with Crippen LogP contribution in [0.4, 0.5) is 11.4 Å². The molecule has 5 heteroatoms. The Morgan fingerprint density at radius 1 is 1.53 bits per heavy atom. The number of ether oxygens (including phenoxy) is 1. The molecule has 1 aromatic rings. The third-order valence-electron chi connectivity index (χ3n) is 3.12. The summed E-state index contributed by atoms with van der Waals surface area (Å²) in [6.45, 7) is 4.86. The minimum absolute atomic E-state index is 0.0614. The summed E-state index contributed by atoms with van der Waals surface area (Å²) in [5.74, 6) is -0.0614. The first-order chi connectivity index (χ1) is 8.93. The third kappa shape index (κ3) is 4.89. The summed E-state index contributed by atoms with van der Waals surface area (Å²) in [6, 6.07) is 5.70. The average Bonchev–Trinajstić information content (AvgIpc) is 2.34. The SMILES string of the molecule is COCC(C)N(C)CC(=O)Nc1ccc(C)c(N)c1. The Kier molecular flexibility index (Phi) is 5.79. The van der Waals surface area contributed by atoms with Gasteiger partial charge in [0, 0.05) is 24.5 Å². The van der Waals surface area contributed by atoms with E-state index in [0.717, 1.165) is 11.3 Å². The van der Waals surface area contributed by atoms with Gasteiger partial charge in [0.15, 0.2) is 0 Å². The van der Waals surface area contributed by atoms with Gasteiger partial charge in [0.1, 0.15) is 0 Å². The zero-order valence-electron chi connectivity index (χ0n) is 12.1. The zero-order chi connectivity index (χ0) is 14.4. The number of carbonyl (C=O) groups is 1. The van der Waals surface area contributed by atoms with Crippen molar-refractivity contribution >= 4 is 17.3 Å². The molecule has 0 saturated carbocycles. The van der Waals surface area contributed by atoms with Gasteiger partial charge in [-0.3, -0.25) is 9.69 Å². The van der Waals surface area contributed by atoms with Gasteiger partial charge in [0.25, 0.3) is 0 Å². The molecule has 0 saturated heterocycles. The van der Waals surface area contributed by atoms with E-state index < -0.39 is 0 Å². The molecule has 1 aromatic carbocycles. The Hall–Kier alpha value is -1.59. The van der Waals surface area contributed by atoms with Crippen molar-refractivity contribution in [2.24, 2.45) is 0 Å². The fourth-order valence-corrected chi connectivity index (χ4v) is 1.67. The second-order valence-electron chi connectivity index (χ2n) is 4.84. The van der Waals surface area contributed by atoms with E-state index in [4.69, 9.17) is 10.5 Å². The fraction of sp³-hybridized carbons (Fsp3) is 0.500. The maximum Gasteiger partial charge on any atom is 0.238 e. The Bertz CT molecular complexity index is 435. The van der Waals surface area contributed by atoms with Crippen molar-refractivity contribution < 1.29 is 9.53 Å². The molecule has 1 unspecified atom stereocenters. The smallest absolute Gasteiger partial charge is 0.238 e. The van der Waals surface area contributed by atoms with Gasteiger partial charge in [-0.05, 0) is 38.6 Å². The number of aryl methyl sites for hydroxylation is 1. The molecule has 1 atom stereocenters. The van der Waals surface area contributed by atoms with Gasteiger partial charge in [-0.15, -0.1) is 0 Å². The molecule has 0 spiro atoms. The van der Waals surface area contributed by atoms with Crippen molar-refractivity contribution in [3.05, 3.63) is 23.8 Å². The van der Waals surface area contributed by atoms with Crippen LogP contribution in [0.5, 0.6) is 0 Å². The lowest BCUT2D eigenvalue weighted by Crippen LogP contribution is -2.38. The number of amides is 1. The summed E-state index contributed by atoms with van der Waals surface area (Å²) >= 11 is 0. The fourth-order valence-electron chi connectivity index (χ4n) is 1.67. The highest BCUT2D eigenvalue weighted by Gasteiger charge is 2.13. The van der Waals surface area contributed by atoms with E-state index in [-0.39, 0.29) is 11.9 Å². The summed E-state index contributed by atoms with van der Waals surface area (Å²) < 4.78 is 5.06. The van der Waals surface area contributed by atoms with E-state index in [2.05, 4.69) is 5.32 Å². The summed E-state index contributed by atoms with van der Waals surface area (Å²) in [5, 5.41) is 2.84. The molecule has 0 bridgehead atoms. The number of hydrogen-bond acceptors (Lipinski definition) is 4. The van der Waals surface area contributed by atoms with Gasteiger partial charge in [-0.2, -0.15) is 0 Å². The molecule has 1 amide bonds. The van der Waals surface area contributed by atoms with Crippen molar-refractivity contribution in [2.45, 2.75) is 19.9 Å². The van der Waals surface area contributed by atoms with Crippen LogP contribution in [0.2, 0.25) is 0 Å². The summed E-state index contributed by atoms with van der Waals surface area (Å²) in [6.07, 6.45) is 0. The topological polar surface area (TPSA) is 67.6 Å². The largest absolute Gasteiger partial charge is 0.398 e. The maximum atomic E-state index is 11.9. The highest BCUT2D eigenvalue weighted by atomic mass is 16.5. The molecule has 106 valence electrons. The number of hydrogen-bond donors (Lipinski definition) is 2. The Morgan fingerprint density at radius 3 is 2.79 bits per heavy atom. The monoisotopic (exact) mass is 265 g/mol. The van der Waals surface area contributed by atoms with Crippen LogP contribution in [0.1, 0.15) is 12.5 Å². The quantitative estimate of drug-likeness (QED) is 0.765. The van der Waals surface area contributed by atoms with Crippen LogP contribution in [-0.2, 0) is 9.53 Å². The van der Waals surface area contributed by atoms with Crippen LogP contribution in [-0.4, -0.2) is 44.2 Å². The average molecular weight is 265 g/mol. The highest BCUT2D eigenvalue weighted by Crippen LogP contribution is 2.16. The molecule has 0 heterocycles. The van der Waals surface area contributed by atoms with Gasteiger partial charge in [0.2, 0.25) is 5.91 Å². The van der Waals surface area contributed by atoms with Gasteiger partial charge in [-0.25, -0.2) is 0 Å². The number of methoxy groups -OCH3 is 1. The van der Waals surface area contributed by atoms with Crippen LogP contribution in [0, 0.1) is 6.92 Å². The summed E-state index contributed by atoms with van der Waals surface area (Å²) in [7, 11) is 3.55. The standard InChI is InChI=1S/C14H23N3O2/c1-10-5-6-12(7-13(10)15)16-14(18)8-17(3)11(2)9-19-4/h5-7,11H,8-9,15H2,1-4H3,(H,16,18). The Balaban J connectivity index is 2.53. The molecule has 0 fully saturated rings. The van der Waals surface area contributed by atoms with Crippen LogP contribution in [0.25, 0.3) is 0 Å². The highest BCUT2D eigenvalue weighted by molar-refractivity contribution is 5.92. The first-order valence-electron chi connectivity index (χ1n) is 6.29. The minimum Gasteiger partial charge on any atom is -0.398 e. The third-order valence-corrected chi connectivity index (χ3v) is 3.12. The summed E-state index contributed by atoms with van der Waals surface area (Å²) in [5.41, 5.74) is 8.21. The van der Waals surface area contributed by atoms with E-state index in [9.17, 15) is 4.79 Å². The molecule has 0 aliphatic carbocycles. The molecule has 0 aromatic heterocycles. The molecule has 1 rings (SSSR count). The molecule has 0 aliphatic rings. The van der Waals surface area contributed by atoms with Gasteiger partial charge in [-0.1, -0.05) is 6.07 Å². The van der Waals surface area contributed by atoms with E-state index in [0.29, 0.717) is 18.8 Å². The van der Waals surface area contributed by atoms with E-state index in [1.54, 1.807) is 13.2 Å². The van der Waals surface area contributed by atoms with E-state index in [1.165, 1.54) is 0 Å². The van der Waals surface area contributed by atoms with Crippen molar-refractivity contribution in [2.75, 3.05) is 38.4 Å². The number of nitrogen functional groups attached to an aromatic ring is 1. The number of likely N-dealkylation sites (N-methyl/N-ethyl adjacent to an activating group) is 1. The molecule has 5 nitrogen and oxygen atoms in total. The number of anilines is 2. The van der Waals surface area contributed by atoms with Crippen LogP contribution < -0.4 is 11.1 Å². The van der Waals surface area contributed by atoms with Crippen molar-refractivity contribution in [3.63, 3.8) is 0 Å². The summed E-state index contributed by atoms with van der Waals surface area (Å²) in [4.78, 5) is 13.8. The molecular formula is C14H23N3O2. The number of nitrogens with zero attached hydrogens (tertiary/aromatic N) is 1. The van der Waals surface area contributed by atoms with Crippen LogP contribution >= 0.6 is 0 Å². The van der Waals surface area contributed by atoms with Gasteiger partial charge in [0.05, 0.1) is 13.2 Å². The predicted molar refractivity (Wildman–Crippen MR) is 78.2 cm³/mol. The van der Waals surface area contributed by atoms with Crippen LogP contribution in [0.15, 0.2) is 18.2 Å². The number of benzene rings is 1. The predicted octanol–water partition coefficient (Wildman–Crippen LogP) is 1.48. The minimum atomic E-state index is -0.0614. The van der Waals surface area contributed by atoms with Gasteiger partial charge >= 0.3 is 0 Å². The molecule has 19 heavy (non-hydrogen) atoms. The number of nitrogens with two attached hydrogens (primary N) is 1. The van der Waals surface area contributed by atoms with Crippen molar-refractivity contribution in [1.29, 1.82) is 0 Å². The van der Waals surface area contributed by atoms with E-state index >= 15 is 0 Å². The zero-order valence-corrected chi connectivity index (χ0v) is 12.1. The number of nitrogens with one attached hydrogen (secondary N) is 1. The molecule has 3 N–H and O–H groups in total. The second-order valence-corrected chi connectivity index (χ2v) is 4.84. The maximum absolute atomic E-state index is 11.9. The molecular weight excluding hydrogens is 242 g/mol. The molecule has 0 radical (unpaired) electrons. The van der Waals surface area contributed by atoms with Gasteiger partial charge < -0.3 is 15.8 Å². The normalized spacial score (nSPS) is 12.5. The second kappa shape index (κ2) is 7.11. The number of rotatable bonds is 6. The first kappa shape index (κ1) is 15.5. The molecule has 0 aliphatic heterocycles. The first-order valence-corrected chi connectivity index (χ1v) is 6.29. The Labute approximate surface area is 114 Å². The number of carbonyl (C=O) groups excluding carboxylic acids is 1. The van der Waals surface area contributed by atoms with Crippen molar-refractivity contribution in [3.8, 4) is 0 Å². The lowest BCUT2D eigenvalue weighted by Gasteiger charge is -2.23. The Morgan fingerprint density at radius 2 is 2.21 bits per heavy atom. The van der Waals surface area contributed by atoms with Crippen LogP contribution in [0.3, 0.4) is 0 Å². The van der Waals surface area contributed by atoms with E-state index in [1.807, 2.05) is 37.9 Å². The lowest BCUT2D eigenvalue weighted by molar-refractivity contribution is -0.117. The lowest BCUT2D eigenvalue weighted by atomic mass is 10.2.